The van der Waals surface area contributed by atoms with E-state index in [2.05, 4.69) is 21.7 Å². The zero-order valence-corrected chi connectivity index (χ0v) is 17.1. The third-order valence-electron chi connectivity index (χ3n) is 4.58. The quantitative estimate of drug-likeness (QED) is 0.552. The highest BCUT2D eigenvalue weighted by atomic mass is 16.5. The average Bonchev–Trinajstić information content (AvgIpc) is 2.82. The zero-order valence-electron chi connectivity index (χ0n) is 17.1. The van der Waals surface area contributed by atoms with Crippen LogP contribution >= 0.6 is 0 Å². The molecule has 0 spiro atoms. The third-order valence-corrected chi connectivity index (χ3v) is 4.58. The molecule has 2 N–H and O–H groups in total. The number of carbonyl (C=O) groups is 2. The van der Waals surface area contributed by atoms with Crippen LogP contribution in [0.3, 0.4) is 0 Å². The number of hydrogen-bond donors (Lipinski definition) is 2. The zero-order chi connectivity index (χ0) is 22.1. The Labute approximate surface area is 180 Å². The highest BCUT2D eigenvalue weighted by molar-refractivity contribution is 5.95. The van der Waals surface area contributed by atoms with Crippen LogP contribution in [0.15, 0.2) is 66.9 Å². The van der Waals surface area contributed by atoms with E-state index in [0.29, 0.717) is 35.5 Å². The number of pyridine rings is 1. The van der Waals surface area contributed by atoms with E-state index in [1.54, 1.807) is 49.7 Å². The van der Waals surface area contributed by atoms with E-state index in [4.69, 9.17) is 4.74 Å². The standard InChI is InChI=1S/C24H22N4O3/c1-31-21-9-7-17(8-10-21)14-22(29)26-12-13-28-24(30)19-5-2-4-18(15-19)23-20(16-25)6-3-11-27-23/h2-11,15H,12-14H2,1H3,(H,26,29)(H,28,30). The molecule has 0 bridgehead atoms. The van der Waals surface area contributed by atoms with Gasteiger partial charge in [0.2, 0.25) is 5.91 Å². The lowest BCUT2D eigenvalue weighted by molar-refractivity contribution is -0.120. The first-order valence-electron chi connectivity index (χ1n) is 9.74. The molecule has 0 aliphatic carbocycles. The molecule has 0 unspecified atom stereocenters. The van der Waals surface area contributed by atoms with Crippen molar-refractivity contribution >= 4 is 11.8 Å². The molecule has 0 aliphatic rings. The van der Waals surface area contributed by atoms with Crippen molar-refractivity contribution in [3.63, 3.8) is 0 Å². The first-order chi connectivity index (χ1) is 15.1. The van der Waals surface area contributed by atoms with Gasteiger partial charge < -0.3 is 15.4 Å². The predicted octanol–water partition coefficient (Wildman–Crippen LogP) is 2.72. The molecule has 0 fully saturated rings. The van der Waals surface area contributed by atoms with Gasteiger partial charge in [0, 0.05) is 30.4 Å². The maximum atomic E-state index is 12.5. The monoisotopic (exact) mass is 414 g/mol. The van der Waals surface area contributed by atoms with Crippen LogP contribution in [-0.2, 0) is 11.2 Å². The van der Waals surface area contributed by atoms with Gasteiger partial charge in [-0.15, -0.1) is 0 Å². The van der Waals surface area contributed by atoms with Crippen LogP contribution in [0.2, 0.25) is 0 Å². The number of benzene rings is 2. The Bertz CT molecular complexity index is 1100. The van der Waals surface area contributed by atoms with Crippen molar-refractivity contribution in [1.29, 1.82) is 5.26 Å². The Morgan fingerprint density at radius 2 is 1.81 bits per heavy atom. The molecule has 156 valence electrons. The van der Waals surface area contributed by atoms with Crippen LogP contribution in [-0.4, -0.2) is 37.0 Å². The largest absolute Gasteiger partial charge is 0.497 e. The lowest BCUT2D eigenvalue weighted by Gasteiger charge is -2.09. The van der Waals surface area contributed by atoms with E-state index in [1.807, 2.05) is 24.3 Å². The number of carbonyl (C=O) groups excluding carboxylic acids is 2. The summed E-state index contributed by atoms with van der Waals surface area (Å²) in [5.41, 5.74) is 3.00. The summed E-state index contributed by atoms with van der Waals surface area (Å²) in [6.45, 7) is 0.615. The van der Waals surface area contributed by atoms with Gasteiger partial charge in [-0.25, -0.2) is 0 Å². The van der Waals surface area contributed by atoms with E-state index in [9.17, 15) is 14.9 Å². The smallest absolute Gasteiger partial charge is 0.251 e. The summed E-state index contributed by atoms with van der Waals surface area (Å²) in [6, 6.07) is 19.7. The van der Waals surface area contributed by atoms with E-state index >= 15 is 0 Å². The van der Waals surface area contributed by atoms with Crippen molar-refractivity contribution < 1.29 is 14.3 Å². The summed E-state index contributed by atoms with van der Waals surface area (Å²) in [5.74, 6) is 0.351. The van der Waals surface area contributed by atoms with Crippen LogP contribution in [0.5, 0.6) is 5.75 Å². The van der Waals surface area contributed by atoms with Gasteiger partial charge in [0.25, 0.3) is 5.91 Å². The third kappa shape index (κ3) is 5.90. The molecule has 2 amide bonds. The van der Waals surface area contributed by atoms with Crippen LogP contribution < -0.4 is 15.4 Å². The molecule has 2 aromatic carbocycles. The first kappa shape index (κ1) is 21.5. The van der Waals surface area contributed by atoms with Crippen molar-refractivity contribution in [2.24, 2.45) is 0 Å². The fourth-order valence-corrected chi connectivity index (χ4v) is 3.00. The summed E-state index contributed by atoms with van der Waals surface area (Å²) in [6.07, 6.45) is 1.86. The van der Waals surface area contributed by atoms with Gasteiger partial charge >= 0.3 is 0 Å². The highest BCUT2D eigenvalue weighted by Gasteiger charge is 2.10. The van der Waals surface area contributed by atoms with Crippen LogP contribution in [0, 0.1) is 11.3 Å². The lowest BCUT2D eigenvalue weighted by Crippen LogP contribution is -2.35. The van der Waals surface area contributed by atoms with Crippen LogP contribution in [0.25, 0.3) is 11.3 Å². The van der Waals surface area contributed by atoms with Crippen molar-refractivity contribution in [2.45, 2.75) is 6.42 Å². The number of nitriles is 1. The molecule has 0 saturated heterocycles. The minimum atomic E-state index is -0.263. The fourth-order valence-electron chi connectivity index (χ4n) is 3.00. The first-order valence-corrected chi connectivity index (χ1v) is 9.74. The van der Waals surface area contributed by atoms with Crippen LogP contribution in [0.4, 0.5) is 0 Å². The Balaban J connectivity index is 1.49. The van der Waals surface area contributed by atoms with Gasteiger partial charge in [-0.3, -0.25) is 14.6 Å². The summed E-state index contributed by atoms with van der Waals surface area (Å²) in [4.78, 5) is 28.8. The molecule has 7 nitrogen and oxygen atoms in total. The number of amides is 2. The number of methoxy groups -OCH3 is 1. The summed E-state index contributed by atoms with van der Waals surface area (Å²) in [5, 5.41) is 14.8. The number of nitrogens with zero attached hydrogens (tertiary/aromatic N) is 2. The molecule has 3 aromatic rings. The lowest BCUT2D eigenvalue weighted by atomic mass is 10.0. The molecule has 7 heteroatoms. The Hall–Kier alpha value is -4.18. The second kappa shape index (κ2) is 10.6. The SMILES string of the molecule is COc1ccc(CC(=O)NCCNC(=O)c2cccc(-c3ncccc3C#N)c2)cc1. The minimum Gasteiger partial charge on any atom is -0.497 e. The van der Waals surface area contributed by atoms with Crippen molar-refractivity contribution in [2.75, 3.05) is 20.2 Å². The van der Waals surface area contributed by atoms with E-state index in [0.717, 1.165) is 11.3 Å². The Morgan fingerprint density at radius 1 is 1.03 bits per heavy atom. The van der Waals surface area contributed by atoms with Gasteiger partial charge in [-0.2, -0.15) is 5.26 Å². The molecule has 0 aliphatic heterocycles. The molecule has 1 aromatic heterocycles. The summed E-state index contributed by atoms with van der Waals surface area (Å²) in [7, 11) is 1.59. The molecule has 0 radical (unpaired) electrons. The average molecular weight is 414 g/mol. The summed E-state index contributed by atoms with van der Waals surface area (Å²) >= 11 is 0. The Morgan fingerprint density at radius 3 is 2.55 bits per heavy atom. The Kier molecular flexibility index (Phi) is 7.33. The molecule has 0 atom stereocenters. The van der Waals surface area contributed by atoms with E-state index < -0.39 is 0 Å². The van der Waals surface area contributed by atoms with Gasteiger partial charge in [0.1, 0.15) is 11.8 Å². The number of hydrogen-bond acceptors (Lipinski definition) is 5. The van der Waals surface area contributed by atoms with Gasteiger partial charge in [0.15, 0.2) is 0 Å². The van der Waals surface area contributed by atoms with Crippen LogP contribution in [0.1, 0.15) is 21.5 Å². The molecule has 0 saturated carbocycles. The number of rotatable bonds is 8. The maximum absolute atomic E-state index is 12.5. The predicted molar refractivity (Wildman–Crippen MR) is 116 cm³/mol. The van der Waals surface area contributed by atoms with Gasteiger partial charge in [-0.1, -0.05) is 24.3 Å². The molecule has 31 heavy (non-hydrogen) atoms. The second-order valence-corrected chi connectivity index (χ2v) is 6.72. The second-order valence-electron chi connectivity index (χ2n) is 6.72. The van der Waals surface area contributed by atoms with E-state index in [1.165, 1.54) is 0 Å². The molecule has 3 rings (SSSR count). The summed E-state index contributed by atoms with van der Waals surface area (Å²) < 4.78 is 5.10. The fraction of sp³-hybridized carbons (Fsp3) is 0.167. The van der Waals surface area contributed by atoms with Crippen molar-refractivity contribution in [1.82, 2.24) is 15.6 Å². The highest BCUT2D eigenvalue weighted by Crippen LogP contribution is 2.21. The maximum Gasteiger partial charge on any atom is 0.251 e. The normalized spacial score (nSPS) is 10.1. The van der Waals surface area contributed by atoms with Gasteiger partial charge in [-0.05, 0) is 42.0 Å². The molecular weight excluding hydrogens is 392 g/mol. The molecular formula is C24H22N4O3. The van der Waals surface area contributed by atoms with Crippen molar-refractivity contribution in [3.8, 4) is 23.1 Å². The van der Waals surface area contributed by atoms with Gasteiger partial charge in [0.05, 0.1) is 24.8 Å². The topological polar surface area (TPSA) is 104 Å². The molecule has 1 heterocycles. The minimum absolute atomic E-state index is 0.124. The number of ether oxygens (including phenoxy) is 1. The van der Waals surface area contributed by atoms with Crippen molar-refractivity contribution in [3.05, 3.63) is 83.6 Å². The van der Waals surface area contributed by atoms with E-state index in [-0.39, 0.29) is 18.2 Å². The number of nitrogens with one attached hydrogen (secondary N) is 2. The number of aromatic nitrogens is 1.